The lowest BCUT2D eigenvalue weighted by molar-refractivity contribution is 2.00. The van der Waals surface area contributed by atoms with Gasteiger partial charge in [-0.2, -0.15) is 0 Å². The summed E-state index contributed by atoms with van der Waals surface area (Å²) in [6.45, 7) is 0. The van der Waals surface area contributed by atoms with Crippen molar-refractivity contribution in [2.75, 3.05) is 0 Å². The van der Waals surface area contributed by atoms with Crippen molar-refractivity contribution in [3.05, 3.63) is 22.9 Å². The Morgan fingerprint density at radius 3 is 2.50 bits per heavy atom. The largest absolute Gasteiger partial charge is 0.1000 e. The van der Waals surface area contributed by atoms with E-state index in [1.165, 1.54) is 0 Å². The van der Waals surface area contributed by atoms with Crippen molar-refractivity contribution in [3.8, 4) is 0 Å². The minimum Gasteiger partial charge on any atom is -0.0899 e. The van der Waals surface area contributed by atoms with E-state index in [1.54, 1.807) is 0 Å². The molecule has 0 spiro atoms. The van der Waals surface area contributed by atoms with Gasteiger partial charge in [-0.15, -0.1) is 0 Å². The highest BCUT2D eigenvalue weighted by molar-refractivity contribution is 6.93. The second-order valence-corrected chi connectivity index (χ2v) is 4.12. The molecule has 0 fully saturated rings. The zero-order chi connectivity index (χ0) is 5.98. The second-order valence-electron chi connectivity index (χ2n) is 1.35. The average molecular weight is 162 g/mol. The van der Waals surface area contributed by atoms with Crippen LogP contribution in [0.5, 0.6) is 0 Å². The highest BCUT2D eigenvalue weighted by Gasteiger charge is 1.92. The van der Waals surface area contributed by atoms with Crippen molar-refractivity contribution in [1.29, 1.82) is 0 Å². The van der Waals surface area contributed by atoms with Gasteiger partial charge in [0.15, 0.2) is 0 Å². The lowest BCUT2D eigenvalue weighted by Crippen LogP contribution is -1.93. The lowest BCUT2D eigenvalue weighted by atomic mass is 10.5. The molecule has 1 radical (unpaired) electrons. The van der Waals surface area contributed by atoms with Gasteiger partial charge in [-0.1, -0.05) is 29.3 Å². The van der Waals surface area contributed by atoms with Crippen molar-refractivity contribution in [2.45, 2.75) is 0 Å². The molecule has 1 rings (SSSR count). The Hall–Kier alpha value is 0.147. The van der Waals surface area contributed by atoms with Crippen LogP contribution in [-0.2, 0) is 0 Å². The van der Waals surface area contributed by atoms with Gasteiger partial charge in [-0.25, -0.2) is 0 Å². The van der Waals surface area contributed by atoms with Gasteiger partial charge in [0.1, 0.15) is 0 Å². The van der Waals surface area contributed by atoms with E-state index in [0.29, 0.717) is 9.13 Å². The quantitative estimate of drug-likeness (QED) is 0.475. The predicted octanol–water partition coefficient (Wildman–Crippen LogP) is 1.71. The summed E-state index contributed by atoms with van der Waals surface area (Å²) in [5, 5.41) is 0. The Balaban J connectivity index is 2.89. The molecule has 0 aromatic carbocycles. The van der Waals surface area contributed by atoms with E-state index in [9.17, 15) is 0 Å². The lowest BCUT2D eigenvalue weighted by Gasteiger charge is -1.92. The number of halogens is 2. The molecule has 0 saturated heterocycles. The molecule has 0 aromatic heterocycles. The second kappa shape index (κ2) is 2.62. The Morgan fingerprint density at radius 1 is 1.38 bits per heavy atom. The summed E-state index contributed by atoms with van der Waals surface area (Å²) in [4.78, 5) is 0. The van der Waals surface area contributed by atoms with E-state index in [2.05, 4.69) is 0 Å². The number of rotatable bonds is 0. The molecule has 0 N–H and O–H groups in total. The molecule has 0 aromatic rings. The normalized spacial score (nSPS) is 17.8. The molecule has 0 bridgehead atoms. The Kier molecular flexibility index (Phi) is 2.06. The molecule has 0 amide bonds. The van der Waals surface area contributed by atoms with Crippen LogP contribution in [0.3, 0.4) is 0 Å². The zero-order valence-electron chi connectivity index (χ0n) is 3.99. The van der Waals surface area contributed by atoms with Gasteiger partial charge in [0.25, 0.3) is 0 Å². The molecule has 0 nitrogen and oxygen atoms in total. The molecule has 1 aliphatic heterocycles. The fourth-order valence-corrected chi connectivity index (χ4v) is 1.90. The van der Waals surface area contributed by atoms with Crippen LogP contribution in [0.2, 0.25) is 0 Å². The third-order valence-corrected chi connectivity index (χ3v) is 2.35. The molecule has 0 saturated carbocycles. The fraction of sp³-hybridized carbons (Fsp3) is 0. The van der Waals surface area contributed by atoms with Gasteiger partial charge in [-0.05, 0) is 12.2 Å². The molecule has 0 aliphatic carbocycles. The Morgan fingerprint density at radius 2 is 2.12 bits per heavy atom. The van der Waals surface area contributed by atoms with Gasteiger partial charge >= 0.3 is 0 Å². The van der Waals surface area contributed by atoms with Crippen molar-refractivity contribution < 1.29 is 0 Å². The van der Waals surface area contributed by atoms with Gasteiger partial charge in [0, 0.05) is 9.28 Å². The molecule has 41 valence electrons. The first-order valence-electron chi connectivity index (χ1n) is 2.12. The first kappa shape index (κ1) is 6.27. The maximum Gasteiger partial charge on any atom is 0.1000 e. The summed E-state index contributed by atoms with van der Waals surface area (Å²) in [6.07, 6.45) is 5.55. The third kappa shape index (κ3) is 1.58. The molecular formula is C5H3Cl2Si. The monoisotopic (exact) mass is 161 g/mol. The highest BCUT2D eigenvalue weighted by Crippen LogP contribution is 2.02. The molecule has 1 heterocycles. The van der Waals surface area contributed by atoms with Crippen molar-refractivity contribution in [3.63, 3.8) is 0 Å². The van der Waals surface area contributed by atoms with Gasteiger partial charge in [0.05, 0.1) is 9.13 Å². The Labute approximate surface area is 60.2 Å². The molecule has 1 aliphatic rings. The van der Waals surface area contributed by atoms with E-state index >= 15 is 0 Å². The average Bonchev–Trinajstić information content (AvgIpc) is 1.64. The van der Waals surface area contributed by atoms with E-state index in [1.807, 2.05) is 18.2 Å². The molecular weight excluding hydrogens is 159 g/mol. The van der Waals surface area contributed by atoms with E-state index < -0.39 is 0 Å². The van der Waals surface area contributed by atoms with Gasteiger partial charge in [0.2, 0.25) is 0 Å². The first-order chi connectivity index (χ1) is 3.79. The smallest absolute Gasteiger partial charge is 0.0899 e. The van der Waals surface area contributed by atoms with Crippen LogP contribution in [0.1, 0.15) is 0 Å². The molecule has 3 heteroatoms. The fourth-order valence-electron chi connectivity index (χ4n) is 0.414. The van der Waals surface area contributed by atoms with Crippen LogP contribution in [0.25, 0.3) is 0 Å². The first-order valence-corrected chi connectivity index (χ1v) is 3.88. The predicted molar refractivity (Wildman–Crippen MR) is 39.7 cm³/mol. The summed E-state index contributed by atoms with van der Waals surface area (Å²) in [5.74, 6) is 0. The summed E-state index contributed by atoms with van der Waals surface area (Å²) >= 11 is 11.3. The van der Waals surface area contributed by atoms with Crippen LogP contribution in [-0.4, -0.2) is 13.8 Å². The zero-order valence-corrected chi connectivity index (χ0v) is 6.50. The molecule has 8 heavy (non-hydrogen) atoms. The van der Waals surface area contributed by atoms with E-state index in [-0.39, 0.29) is 0 Å². The van der Waals surface area contributed by atoms with Gasteiger partial charge in [-0.3, -0.25) is 0 Å². The number of hydrogen-bond acceptors (Lipinski definition) is 0. The van der Waals surface area contributed by atoms with Crippen LogP contribution < -0.4 is 0 Å². The van der Waals surface area contributed by atoms with Gasteiger partial charge < -0.3 is 0 Å². The van der Waals surface area contributed by atoms with Crippen molar-refractivity contribution in [2.24, 2.45) is 0 Å². The van der Waals surface area contributed by atoms with Crippen LogP contribution in [0.4, 0.5) is 0 Å². The third-order valence-electron chi connectivity index (χ3n) is 0.724. The molecule has 0 unspecified atom stereocenters. The summed E-state index contributed by atoms with van der Waals surface area (Å²) in [7, 11) is 0.471. The summed E-state index contributed by atoms with van der Waals surface area (Å²) in [6, 6.07) is 0. The summed E-state index contributed by atoms with van der Waals surface area (Å²) < 4.78 is 1.66. The van der Waals surface area contributed by atoms with Crippen molar-refractivity contribution >= 4 is 37.0 Å². The SMILES string of the molecule is ClC1=CC=CC(Cl)=[Si]1. The number of hydrogen-bond donors (Lipinski definition) is 0. The number of allylic oxidation sites excluding steroid dienone is 3. The highest BCUT2D eigenvalue weighted by atomic mass is 35.5. The van der Waals surface area contributed by atoms with Crippen LogP contribution in [0.15, 0.2) is 22.9 Å². The van der Waals surface area contributed by atoms with Crippen LogP contribution >= 0.6 is 23.2 Å². The maximum atomic E-state index is 5.63. The molecule has 0 atom stereocenters. The topological polar surface area (TPSA) is 0 Å². The maximum absolute atomic E-state index is 5.63. The standard InChI is InChI=1S/C5H3Cl2Si/c6-4-2-1-3-5(7)8-4/h1-3H. The van der Waals surface area contributed by atoms with E-state index in [4.69, 9.17) is 23.2 Å². The van der Waals surface area contributed by atoms with E-state index in [0.717, 1.165) is 9.28 Å². The van der Waals surface area contributed by atoms with Crippen molar-refractivity contribution in [1.82, 2.24) is 0 Å². The summed E-state index contributed by atoms with van der Waals surface area (Å²) in [5.41, 5.74) is 0. The minimum absolute atomic E-state index is 0.471. The minimum atomic E-state index is 0.471. The Bertz CT molecular complexity index is 176. The van der Waals surface area contributed by atoms with Crippen LogP contribution in [0, 0.1) is 0 Å².